The quantitative estimate of drug-likeness (QED) is 0.796. The molecule has 0 aromatic rings. The van der Waals surface area contributed by atoms with Crippen molar-refractivity contribution in [3.8, 4) is 0 Å². The molecule has 0 N–H and O–H groups in total. The number of fused-ring (bicyclic) bond motifs is 2. The van der Waals surface area contributed by atoms with Gasteiger partial charge in [0.15, 0.2) is 0 Å². The molecule has 2 aliphatic heterocycles. The van der Waals surface area contributed by atoms with Crippen LogP contribution >= 0.6 is 0 Å². The molecule has 2 aliphatic rings. The third kappa shape index (κ3) is 3.98. The van der Waals surface area contributed by atoms with E-state index in [1.807, 2.05) is 25.7 Å². The van der Waals surface area contributed by atoms with E-state index in [9.17, 15) is 9.59 Å². The van der Waals surface area contributed by atoms with Gasteiger partial charge in [0.1, 0.15) is 11.4 Å². The van der Waals surface area contributed by atoms with Gasteiger partial charge < -0.3 is 9.64 Å². The number of carbonyl (C=O) groups excluding carboxylic acids is 2. The zero-order valence-corrected chi connectivity index (χ0v) is 14.0. The van der Waals surface area contributed by atoms with Gasteiger partial charge in [-0.3, -0.25) is 4.79 Å². The average molecular weight is 295 g/mol. The van der Waals surface area contributed by atoms with Crippen LogP contribution in [0.1, 0.15) is 66.7 Å². The standard InChI is InChI=1S/C17H29NO3/c1-11(2)8-15(19)12-9-13-6-7-14(10-12)18(13)16(20)21-17(3,4)5/h11-14H,6-10H2,1-5H3. The van der Waals surface area contributed by atoms with E-state index in [4.69, 9.17) is 4.74 Å². The van der Waals surface area contributed by atoms with E-state index in [0.717, 1.165) is 25.7 Å². The molecule has 2 rings (SSSR count). The number of rotatable bonds is 3. The third-order valence-electron chi connectivity index (χ3n) is 4.40. The first-order valence-electron chi connectivity index (χ1n) is 8.21. The molecule has 120 valence electrons. The van der Waals surface area contributed by atoms with E-state index < -0.39 is 5.60 Å². The summed E-state index contributed by atoms with van der Waals surface area (Å²) in [5.41, 5.74) is -0.458. The van der Waals surface area contributed by atoms with Crippen molar-refractivity contribution in [3.05, 3.63) is 0 Å². The van der Waals surface area contributed by atoms with Crippen molar-refractivity contribution in [2.75, 3.05) is 0 Å². The van der Waals surface area contributed by atoms with Gasteiger partial charge in [-0.2, -0.15) is 0 Å². The van der Waals surface area contributed by atoms with Crippen LogP contribution in [0.4, 0.5) is 4.79 Å². The number of hydrogen-bond donors (Lipinski definition) is 0. The first kappa shape index (κ1) is 16.3. The molecule has 0 aliphatic carbocycles. The van der Waals surface area contributed by atoms with Crippen molar-refractivity contribution in [1.29, 1.82) is 0 Å². The fourth-order valence-electron chi connectivity index (χ4n) is 3.62. The monoisotopic (exact) mass is 295 g/mol. The summed E-state index contributed by atoms with van der Waals surface area (Å²) >= 11 is 0. The lowest BCUT2D eigenvalue weighted by molar-refractivity contribution is -0.126. The first-order chi connectivity index (χ1) is 9.67. The zero-order chi connectivity index (χ0) is 15.8. The van der Waals surface area contributed by atoms with Crippen molar-refractivity contribution in [3.63, 3.8) is 0 Å². The van der Waals surface area contributed by atoms with Crippen LogP contribution < -0.4 is 0 Å². The number of carbonyl (C=O) groups is 2. The molecular formula is C17H29NO3. The van der Waals surface area contributed by atoms with E-state index in [0.29, 0.717) is 18.1 Å². The molecule has 2 unspecified atom stereocenters. The summed E-state index contributed by atoms with van der Waals surface area (Å²) in [5, 5.41) is 0. The number of hydrogen-bond acceptors (Lipinski definition) is 3. The number of Topliss-reactive ketones (excluding diaryl/α,β-unsaturated/α-hetero) is 1. The molecule has 0 saturated carbocycles. The number of ketones is 1. The smallest absolute Gasteiger partial charge is 0.410 e. The van der Waals surface area contributed by atoms with Gasteiger partial charge in [0.25, 0.3) is 0 Å². The second-order valence-corrected chi connectivity index (χ2v) is 8.01. The van der Waals surface area contributed by atoms with Crippen molar-refractivity contribution >= 4 is 11.9 Å². The summed E-state index contributed by atoms with van der Waals surface area (Å²) < 4.78 is 5.52. The number of nitrogens with zero attached hydrogens (tertiary/aromatic N) is 1. The van der Waals surface area contributed by atoms with Crippen molar-refractivity contribution in [2.45, 2.75) is 84.4 Å². The van der Waals surface area contributed by atoms with Gasteiger partial charge in [0, 0.05) is 24.4 Å². The van der Waals surface area contributed by atoms with Crippen LogP contribution in [0.15, 0.2) is 0 Å². The highest BCUT2D eigenvalue weighted by Crippen LogP contribution is 2.40. The fraction of sp³-hybridized carbons (Fsp3) is 0.882. The minimum atomic E-state index is -0.458. The molecule has 21 heavy (non-hydrogen) atoms. The van der Waals surface area contributed by atoms with Gasteiger partial charge in [-0.05, 0) is 52.4 Å². The molecular weight excluding hydrogens is 266 g/mol. The van der Waals surface area contributed by atoms with Gasteiger partial charge in [0.2, 0.25) is 0 Å². The van der Waals surface area contributed by atoms with Crippen LogP contribution in [0.2, 0.25) is 0 Å². The lowest BCUT2D eigenvalue weighted by Gasteiger charge is -2.39. The van der Waals surface area contributed by atoms with Crippen LogP contribution in [0.5, 0.6) is 0 Å². The largest absolute Gasteiger partial charge is 0.444 e. The molecule has 2 heterocycles. The summed E-state index contributed by atoms with van der Waals surface area (Å²) in [6.45, 7) is 9.85. The molecule has 1 amide bonds. The maximum absolute atomic E-state index is 12.3. The van der Waals surface area contributed by atoms with E-state index in [2.05, 4.69) is 13.8 Å². The van der Waals surface area contributed by atoms with Crippen LogP contribution in [0, 0.1) is 11.8 Å². The molecule has 2 saturated heterocycles. The van der Waals surface area contributed by atoms with Gasteiger partial charge in [-0.15, -0.1) is 0 Å². The molecule has 2 bridgehead atoms. The molecule has 0 spiro atoms. The van der Waals surface area contributed by atoms with Crippen molar-refractivity contribution in [1.82, 2.24) is 4.90 Å². The van der Waals surface area contributed by atoms with Crippen LogP contribution in [-0.4, -0.2) is 34.5 Å². The lowest BCUT2D eigenvalue weighted by atomic mass is 9.84. The minimum absolute atomic E-state index is 0.142. The second-order valence-electron chi connectivity index (χ2n) is 8.01. The Kier molecular flexibility index (Phi) is 4.64. The van der Waals surface area contributed by atoms with Gasteiger partial charge in [0.05, 0.1) is 0 Å². The average Bonchev–Trinajstić information content (AvgIpc) is 2.57. The summed E-state index contributed by atoms with van der Waals surface area (Å²) in [6.07, 6.45) is 4.12. The predicted octanol–water partition coefficient (Wildman–Crippen LogP) is 3.78. The van der Waals surface area contributed by atoms with Crippen LogP contribution in [0.25, 0.3) is 0 Å². The minimum Gasteiger partial charge on any atom is -0.444 e. The van der Waals surface area contributed by atoms with Crippen molar-refractivity contribution < 1.29 is 14.3 Å². The summed E-state index contributed by atoms with van der Waals surface area (Å²) in [4.78, 5) is 26.6. The van der Waals surface area contributed by atoms with Crippen LogP contribution in [0.3, 0.4) is 0 Å². The highest BCUT2D eigenvalue weighted by atomic mass is 16.6. The molecule has 0 aromatic carbocycles. The number of amides is 1. The normalized spacial score (nSPS) is 28.9. The predicted molar refractivity (Wildman–Crippen MR) is 82.1 cm³/mol. The number of ether oxygens (including phenoxy) is 1. The summed E-state index contributed by atoms with van der Waals surface area (Å²) in [7, 11) is 0. The van der Waals surface area contributed by atoms with E-state index in [1.165, 1.54) is 0 Å². The summed E-state index contributed by atoms with van der Waals surface area (Å²) in [5.74, 6) is 0.938. The Morgan fingerprint density at radius 3 is 2.10 bits per heavy atom. The van der Waals surface area contributed by atoms with E-state index in [-0.39, 0.29) is 24.1 Å². The SMILES string of the molecule is CC(C)CC(=O)C1CC2CCC(C1)N2C(=O)OC(C)(C)C. The number of piperidine rings is 1. The Balaban J connectivity index is 1.99. The van der Waals surface area contributed by atoms with E-state index >= 15 is 0 Å². The second kappa shape index (κ2) is 5.98. The zero-order valence-electron chi connectivity index (χ0n) is 14.0. The molecule has 0 aromatic heterocycles. The Hall–Kier alpha value is -1.06. The molecule has 4 nitrogen and oxygen atoms in total. The van der Waals surface area contributed by atoms with E-state index in [1.54, 1.807) is 0 Å². The maximum atomic E-state index is 12.3. The fourth-order valence-corrected chi connectivity index (χ4v) is 3.62. The first-order valence-corrected chi connectivity index (χ1v) is 8.21. The van der Waals surface area contributed by atoms with Gasteiger partial charge in [-0.25, -0.2) is 4.79 Å². The van der Waals surface area contributed by atoms with Crippen LogP contribution in [-0.2, 0) is 9.53 Å². The highest BCUT2D eigenvalue weighted by Gasteiger charge is 2.46. The highest BCUT2D eigenvalue weighted by molar-refractivity contribution is 5.82. The maximum Gasteiger partial charge on any atom is 0.410 e. The molecule has 2 fully saturated rings. The Bertz CT molecular complexity index is 397. The Labute approximate surface area is 128 Å². The third-order valence-corrected chi connectivity index (χ3v) is 4.40. The Morgan fingerprint density at radius 1 is 1.14 bits per heavy atom. The topological polar surface area (TPSA) is 46.6 Å². The lowest BCUT2D eigenvalue weighted by Crippen LogP contribution is -2.49. The summed E-state index contributed by atoms with van der Waals surface area (Å²) in [6, 6.07) is 0.388. The van der Waals surface area contributed by atoms with Crippen molar-refractivity contribution in [2.24, 2.45) is 11.8 Å². The molecule has 2 atom stereocenters. The molecule has 4 heteroatoms. The molecule has 0 radical (unpaired) electrons. The van der Waals surface area contributed by atoms with Gasteiger partial charge in [-0.1, -0.05) is 13.8 Å². The Morgan fingerprint density at radius 2 is 1.67 bits per heavy atom. The van der Waals surface area contributed by atoms with Gasteiger partial charge >= 0.3 is 6.09 Å².